The molecule has 8 heteroatoms. The maximum absolute atomic E-state index is 12.2. The summed E-state index contributed by atoms with van der Waals surface area (Å²) in [6, 6.07) is 5.55. The third kappa shape index (κ3) is 5.57. The monoisotopic (exact) mass is 384 g/mol. The number of halogens is 2. The maximum Gasteiger partial charge on any atom is 0.238 e. The highest BCUT2D eigenvalue weighted by atomic mass is 35.5. The van der Waals surface area contributed by atoms with E-state index in [0.29, 0.717) is 34.9 Å². The van der Waals surface area contributed by atoms with Crippen LogP contribution in [0, 0.1) is 0 Å². The maximum atomic E-state index is 12.2. The van der Waals surface area contributed by atoms with Crippen molar-refractivity contribution in [1.29, 1.82) is 0 Å². The van der Waals surface area contributed by atoms with Gasteiger partial charge in [0.15, 0.2) is 0 Å². The number of hydrogen-bond donors (Lipinski definition) is 2. The van der Waals surface area contributed by atoms with E-state index >= 15 is 0 Å². The van der Waals surface area contributed by atoms with Crippen molar-refractivity contribution in [2.75, 3.05) is 44.6 Å². The van der Waals surface area contributed by atoms with Crippen molar-refractivity contribution in [2.45, 2.75) is 18.9 Å². The number of carbonyl (C=O) groups is 2. The molecule has 1 saturated carbocycles. The fourth-order valence-corrected chi connectivity index (χ4v) is 3.15. The smallest absolute Gasteiger partial charge is 0.238 e. The highest BCUT2D eigenvalue weighted by Crippen LogP contribution is 2.29. The molecular weight excluding hydrogens is 363 g/mol. The van der Waals surface area contributed by atoms with E-state index in [1.54, 1.807) is 18.2 Å². The van der Waals surface area contributed by atoms with Crippen LogP contribution in [0.15, 0.2) is 18.2 Å². The van der Waals surface area contributed by atoms with Gasteiger partial charge >= 0.3 is 0 Å². The zero-order valence-electron chi connectivity index (χ0n) is 13.9. The summed E-state index contributed by atoms with van der Waals surface area (Å²) in [5, 5.41) is 6.56. The van der Waals surface area contributed by atoms with Gasteiger partial charge in [0.1, 0.15) is 0 Å². The van der Waals surface area contributed by atoms with Crippen molar-refractivity contribution < 1.29 is 9.59 Å². The molecule has 2 aliphatic rings. The Labute approximate surface area is 157 Å². The van der Waals surface area contributed by atoms with Crippen LogP contribution in [-0.4, -0.2) is 66.9 Å². The van der Waals surface area contributed by atoms with Crippen molar-refractivity contribution in [3.8, 4) is 0 Å². The molecule has 1 saturated heterocycles. The minimum absolute atomic E-state index is 0.101. The minimum Gasteiger partial charge on any atom is -0.352 e. The first-order valence-electron chi connectivity index (χ1n) is 8.49. The topological polar surface area (TPSA) is 64.7 Å². The predicted molar refractivity (Wildman–Crippen MR) is 99.1 cm³/mol. The van der Waals surface area contributed by atoms with Gasteiger partial charge in [0.05, 0.1) is 28.8 Å². The Bertz CT molecular complexity index is 644. The first-order valence-corrected chi connectivity index (χ1v) is 9.25. The van der Waals surface area contributed by atoms with E-state index in [-0.39, 0.29) is 11.8 Å². The second-order valence-corrected chi connectivity index (χ2v) is 7.33. The largest absolute Gasteiger partial charge is 0.352 e. The Morgan fingerprint density at radius 3 is 2.20 bits per heavy atom. The lowest BCUT2D eigenvalue weighted by Crippen LogP contribution is -2.51. The lowest BCUT2D eigenvalue weighted by molar-refractivity contribution is -0.123. The van der Waals surface area contributed by atoms with E-state index in [1.165, 1.54) is 0 Å². The van der Waals surface area contributed by atoms with Gasteiger partial charge in [-0.1, -0.05) is 29.3 Å². The molecular formula is C17H22Cl2N4O2. The Balaban J connectivity index is 1.40. The van der Waals surface area contributed by atoms with Crippen LogP contribution in [0.25, 0.3) is 0 Å². The van der Waals surface area contributed by atoms with Crippen LogP contribution in [0.3, 0.4) is 0 Å². The number of anilines is 1. The summed E-state index contributed by atoms with van der Waals surface area (Å²) in [6.45, 7) is 3.81. The van der Waals surface area contributed by atoms with Crippen LogP contribution < -0.4 is 10.6 Å². The average molecular weight is 385 g/mol. The van der Waals surface area contributed by atoms with Crippen LogP contribution in [0.5, 0.6) is 0 Å². The number of carbonyl (C=O) groups excluding carboxylic acids is 2. The Kier molecular flexibility index (Phi) is 6.17. The number of nitrogens with one attached hydrogen (secondary N) is 2. The molecule has 3 rings (SSSR count). The molecule has 0 aromatic heterocycles. The van der Waals surface area contributed by atoms with Crippen LogP contribution in [0.2, 0.25) is 10.0 Å². The van der Waals surface area contributed by atoms with E-state index in [4.69, 9.17) is 23.2 Å². The van der Waals surface area contributed by atoms with Gasteiger partial charge in [0, 0.05) is 32.2 Å². The second kappa shape index (κ2) is 8.36. The highest BCUT2D eigenvalue weighted by molar-refractivity contribution is 6.44. The summed E-state index contributed by atoms with van der Waals surface area (Å²) in [6.07, 6.45) is 2.20. The van der Waals surface area contributed by atoms with Crippen molar-refractivity contribution in [1.82, 2.24) is 15.1 Å². The quantitative estimate of drug-likeness (QED) is 0.784. The lowest BCUT2D eigenvalue weighted by Gasteiger charge is -2.33. The van der Waals surface area contributed by atoms with Crippen molar-refractivity contribution in [3.05, 3.63) is 28.2 Å². The average Bonchev–Trinajstić information content (AvgIpc) is 3.37. The third-order valence-corrected chi connectivity index (χ3v) is 5.19. The van der Waals surface area contributed by atoms with E-state index in [0.717, 1.165) is 39.0 Å². The Hall–Kier alpha value is -1.34. The van der Waals surface area contributed by atoms with Gasteiger partial charge in [-0.25, -0.2) is 0 Å². The molecule has 25 heavy (non-hydrogen) atoms. The van der Waals surface area contributed by atoms with Gasteiger partial charge in [0.25, 0.3) is 0 Å². The summed E-state index contributed by atoms with van der Waals surface area (Å²) < 4.78 is 0. The van der Waals surface area contributed by atoms with E-state index in [1.807, 2.05) is 0 Å². The molecule has 0 bridgehead atoms. The molecule has 1 aliphatic carbocycles. The highest BCUT2D eigenvalue weighted by Gasteiger charge is 2.25. The van der Waals surface area contributed by atoms with Gasteiger partial charge in [0.2, 0.25) is 11.8 Å². The number of piperazine rings is 1. The molecule has 2 N–H and O–H groups in total. The molecule has 136 valence electrons. The van der Waals surface area contributed by atoms with Gasteiger partial charge in [-0.05, 0) is 25.0 Å². The van der Waals surface area contributed by atoms with Gasteiger partial charge < -0.3 is 10.6 Å². The summed E-state index contributed by atoms with van der Waals surface area (Å²) in [5.74, 6) is -0.0200. The molecule has 2 amide bonds. The van der Waals surface area contributed by atoms with Gasteiger partial charge in [-0.2, -0.15) is 0 Å². The molecule has 1 heterocycles. The first kappa shape index (κ1) is 18.5. The molecule has 0 spiro atoms. The summed E-state index contributed by atoms with van der Waals surface area (Å²) in [5.41, 5.74) is 0.523. The molecule has 6 nitrogen and oxygen atoms in total. The zero-order valence-corrected chi connectivity index (χ0v) is 15.4. The number of nitrogens with zero attached hydrogens (tertiary/aromatic N) is 2. The Morgan fingerprint density at radius 1 is 1.00 bits per heavy atom. The number of rotatable bonds is 6. The fourth-order valence-electron chi connectivity index (χ4n) is 2.80. The summed E-state index contributed by atoms with van der Waals surface area (Å²) in [4.78, 5) is 28.2. The minimum atomic E-state index is -0.121. The van der Waals surface area contributed by atoms with Crippen molar-refractivity contribution in [2.24, 2.45) is 0 Å². The SMILES string of the molecule is O=C(CN1CCN(CC(=O)NC2CC2)CC1)Nc1cccc(Cl)c1Cl. The molecule has 0 unspecified atom stereocenters. The van der Waals surface area contributed by atoms with E-state index in [2.05, 4.69) is 20.4 Å². The molecule has 1 aliphatic heterocycles. The number of benzene rings is 1. The number of amides is 2. The van der Waals surface area contributed by atoms with Crippen LogP contribution in [0.1, 0.15) is 12.8 Å². The lowest BCUT2D eigenvalue weighted by atomic mass is 10.3. The second-order valence-electron chi connectivity index (χ2n) is 6.54. The zero-order chi connectivity index (χ0) is 17.8. The number of hydrogen-bond acceptors (Lipinski definition) is 4. The normalized spacial score (nSPS) is 18.8. The van der Waals surface area contributed by atoms with Crippen LogP contribution in [-0.2, 0) is 9.59 Å². The third-order valence-electron chi connectivity index (χ3n) is 4.37. The standard InChI is InChI=1S/C17H22Cl2N4O2/c18-13-2-1-3-14(17(13)19)21-16(25)11-23-8-6-22(7-9-23)10-15(24)20-12-4-5-12/h1-3,12H,4-11H2,(H,20,24)(H,21,25). The summed E-state index contributed by atoms with van der Waals surface area (Å²) >= 11 is 12.0. The molecule has 0 radical (unpaired) electrons. The van der Waals surface area contributed by atoms with Gasteiger partial charge in [-0.3, -0.25) is 19.4 Å². The van der Waals surface area contributed by atoms with E-state index < -0.39 is 0 Å². The fraction of sp³-hybridized carbons (Fsp3) is 0.529. The van der Waals surface area contributed by atoms with Crippen molar-refractivity contribution >= 4 is 40.7 Å². The predicted octanol–water partition coefficient (Wildman–Crippen LogP) is 1.83. The van der Waals surface area contributed by atoms with Gasteiger partial charge in [-0.15, -0.1) is 0 Å². The molecule has 1 aromatic carbocycles. The van der Waals surface area contributed by atoms with Crippen molar-refractivity contribution in [3.63, 3.8) is 0 Å². The first-order chi connectivity index (χ1) is 12.0. The molecule has 1 aromatic rings. The van der Waals surface area contributed by atoms with Crippen LogP contribution in [0.4, 0.5) is 5.69 Å². The summed E-state index contributed by atoms with van der Waals surface area (Å²) in [7, 11) is 0. The molecule has 2 fully saturated rings. The molecule has 0 atom stereocenters. The van der Waals surface area contributed by atoms with E-state index in [9.17, 15) is 9.59 Å². The Morgan fingerprint density at radius 2 is 1.60 bits per heavy atom. The van der Waals surface area contributed by atoms with Crippen LogP contribution >= 0.6 is 23.2 Å².